The highest BCUT2D eigenvalue weighted by Gasteiger charge is 2.21. The third-order valence-corrected chi connectivity index (χ3v) is 5.25. The highest BCUT2D eigenvalue weighted by molar-refractivity contribution is 9.10. The van der Waals surface area contributed by atoms with Crippen molar-refractivity contribution in [1.29, 1.82) is 0 Å². The number of rotatable bonds is 4. The predicted octanol–water partition coefficient (Wildman–Crippen LogP) is 4.68. The molecule has 1 heterocycles. The van der Waals surface area contributed by atoms with Crippen LogP contribution in [0.25, 0.3) is 16.5 Å². The molecule has 0 saturated heterocycles. The van der Waals surface area contributed by atoms with Crippen LogP contribution in [0.15, 0.2) is 56.9 Å². The average Bonchev–Trinajstić information content (AvgIpc) is 2.61. The van der Waals surface area contributed by atoms with E-state index in [1.807, 2.05) is 13.8 Å². The molecular weight excluding hydrogens is 411 g/mol. The second-order valence-corrected chi connectivity index (χ2v) is 7.67. The van der Waals surface area contributed by atoms with Gasteiger partial charge in [-0.25, -0.2) is 4.39 Å². The molecule has 0 aliphatic heterocycles. The van der Waals surface area contributed by atoms with Crippen molar-refractivity contribution in [3.05, 3.63) is 74.4 Å². The topological polar surface area (TPSA) is 51.4 Å². The fourth-order valence-corrected chi connectivity index (χ4v) is 3.59. The summed E-state index contributed by atoms with van der Waals surface area (Å²) in [5, 5.41) is 0.494. The Morgan fingerprint density at radius 3 is 2.63 bits per heavy atom. The lowest BCUT2D eigenvalue weighted by molar-refractivity contribution is 0.112. The van der Waals surface area contributed by atoms with E-state index < -0.39 is 16.8 Å². The van der Waals surface area contributed by atoms with Crippen LogP contribution in [-0.2, 0) is 5.41 Å². The van der Waals surface area contributed by atoms with E-state index in [0.717, 1.165) is 5.56 Å². The van der Waals surface area contributed by atoms with E-state index in [4.69, 9.17) is 0 Å². The minimum Gasteiger partial charge on any atom is -0.300 e. The first kappa shape index (κ1) is 19.2. The zero-order valence-electron chi connectivity index (χ0n) is 15.2. The molecule has 0 saturated carbocycles. The van der Waals surface area contributed by atoms with Gasteiger partial charge in [-0.3, -0.25) is 19.1 Å². The van der Waals surface area contributed by atoms with Crippen molar-refractivity contribution in [3.8, 4) is 5.69 Å². The van der Waals surface area contributed by atoms with E-state index >= 15 is 0 Å². The number of halogens is 2. The smallest absolute Gasteiger partial charge is 0.265 e. The van der Waals surface area contributed by atoms with Gasteiger partial charge in [0.2, 0.25) is 0 Å². The lowest BCUT2D eigenvalue weighted by Gasteiger charge is -2.21. The molecule has 3 aromatic rings. The number of aldehydes is 1. The summed E-state index contributed by atoms with van der Waals surface area (Å²) in [6.07, 6.45) is 3.97. The molecule has 6 heteroatoms. The van der Waals surface area contributed by atoms with E-state index in [1.165, 1.54) is 10.6 Å². The number of carbonyl (C=O) groups is 1. The summed E-state index contributed by atoms with van der Waals surface area (Å²) in [4.78, 5) is 28.5. The fourth-order valence-electron chi connectivity index (χ4n) is 3.14. The molecule has 0 fully saturated rings. The minimum absolute atomic E-state index is 0.0117. The molecule has 0 aliphatic rings. The molecule has 2 aromatic carbocycles. The Bertz CT molecular complexity index is 1130. The van der Waals surface area contributed by atoms with Gasteiger partial charge in [-0.15, -0.1) is 0 Å². The second-order valence-electron chi connectivity index (χ2n) is 6.81. The molecule has 0 unspecified atom stereocenters. The van der Waals surface area contributed by atoms with Crippen molar-refractivity contribution in [1.82, 2.24) is 4.57 Å². The molecule has 0 bridgehead atoms. The van der Waals surface area contributed by atoms with Crippen LogP contribution >= 0.6 is 15.9 Å². The van der Waals surface area contributed by atoms with Crippen LogP contribution in [0.2, 0.25) is 0 Å². The van der Waals surface area contributed by atoms with Gasteiger partial charge in [0.15, 0.2) is 6.29 Å². The highest BCUT2D eigenvalue weighted by Crippen LogP contribution is 2.27. The molecule has 3 rings (SSSR count). The van der Waals surface area contributed by atoms with Crippen molar-refractivity contribution in [3.63, 3.8) is 0 Å². The highest BCUT2D eigenvalue weighted by atomic mass is 79.9. The number of aliphatic imine (C=N–C) groups is 1. The van der Waals surface area contributed by atoms with Crippen LogP contribution in [0.4, 0.5) is 4.39 Å². The molecule has 0 aliphatic carbocycles. The van der Waals surface area contributed by atoms with E-state index in [1.54, 1.807) is 49.8 Å². The number of benzene rings is 2. The number of hydrogen-bond donors (Lipinski definition) is 0. The molecule has 0 amide bonds. The van der Waals surface area contributed by atoms with Gasteiger partial charge in [-0.2, -0.15) is 0 Å². The lowest BCUT2D eigenvalue weighted by Crippen LogP contribution is -2.22. The second kappa shape index (κ2) is 7.19. The van der Waals surface area contributed by atoms with Crippen LogP contribution in [0.3, 0.4) is 0 Å². The van der Waals surface area contributed by atoms with Gasteiger partial charge >= 0.3 is 0 Å². The van der Waals surface area contributed by atoms with Gasteiger partial charge in [0, 0.05) is 29.3 Å². The van der Waals surface area contributed by atoms with Gasteiger partial charge in [0.1, 0.15) is 5.82 Å². The first-order valence-corrected chi connectivity index (χ1v) is 9.12. The molecular formula is C21H18BrFN2O2. The van der Waals surface area contributed by atoms with E-state index in [9.17, 15) is 14.0 Å². The average molecular weight is 429 g/mol. The summed E-state index contributed by atoms with van der Waals surface area (Å²) in [5.41, 5.74) is 0.476. The van der Waals surface area contributed by atoms with Gasteiger partial charge in [0.25, 0.3) is 5.56 Å². The Labute approximate surface area is 164 Å². The number of aromatic nitrogens is 1. The summed E-state index contributed by atoms with van der Waals surface area (Å²) in [6, 6.07) is 9.93. The summed E-state index contributed by atoms with van der Waals surface area (Å²) < 4.78 is 16.8. The van der Waals surface area contributed by atoms with Gasteiger partial charge in [-0.1, -0.05) is 19.9 Å². The Balaban J connectivity index is 2.29. The van der Waals surface area contributed by atoms with E-state index in [-0.39, 0.29) is 5.39 Å². The fraction of sp³-hybridized carbons (Fsp3) is 0.190. The lowest BCUT2D eigenvalue weighted by atomic mass is 9.85. The van der Waals surface area contributed by atoms with Gasteiger partial charge in [0.05, 0.1) is 16.6 Å². The van der Waals surface area contributed by atoms with Crippen LogP contribution in [0.1, 0.15) is 29.8 Å². The van der Waals surface area contributed by atoms with Crippen LogP contribution in [-0.4, -0.2) is 24.1 Å². The maximum absolute atomic E-state index is 14.9. The molecule has 0 N–H and O–H groups in total. The Hall–Kier alpha value is -2.60. The van der Waals surface area contributed by atoms with E-state index in [2.05, 4.69) is 20.9 Å². The van der Waals surface area contributed by atoms with Crippen molar-refractivity contribution in [2.24, 2.45) is 4.99 Å². The van der Waals surface area contributed by atoms with Crippen molar-refractivity contribution >= 4 is 39.2 Å². The molecule has 0 spiro atoms. The summed E-state index contributed by atoms with van der Waals surface area (Å²) in [6.45, 7) is 3.86. The number of carbonyl (C=O) groups excluding carboxylic acids is 1. The van der Waals surface area contributed by atoms with Crippen molar-refractivity contribution in [2.75, 3.05) is 7.05 Å². The SMILES string of the molecule is C/N=C\C(C)(C)c1cc(F)c2c(=O)n(-c3cccc(Br)c3C=O)ccc2c1. The standard InChI is InChI=1S/C21H18BrFN2O2/c1-21(2,12-24-3)14-9-13-7-8-25(20(27)19(13)17(23)10-14)18-6-4-5-16(22)15(18)11-26/h4-12H,1-3H3/b24-12-. The Morgan fingerprint density at radius 1 is 1.22 bits per heavy atom. The quantitative estimate of drug-likeness (QED) is 0.447. The Morgan fingerprint density at radius 2 is 1.96 bits per heavy atom. The molecule has 27 heavy (non-hydrogen) atoms. The molecule has 1 aromatic heterocycles. The predicted molar refractivity (Wildman–Crippen MR) is 110 cm³/mol. The number of fused-ring (bicyclic) bond motifs is 1. The molecule has 0 atom stereocenters. The number of pyridine rings is 1. The molecule has 4 nitrogen and oxygen atoms in total. The monoisotopic (exact) mass is 428 g/mol. The van der Waals surface area contributed by atoms with Crippen molar-refractivity contribution in [2.45, 2.75) is 19.3 Å². The number of hydrogen-bond acceptors (Lipinski definition) is 3. The maximum Gasteiger partial charge on any atom is 0.265 e. The molecule has 138 valence electrons. The first-order valence-electron chi connectivity index (χ1n) is 8.33. The van der Waals surface area contributed by atoms with Gasteiger partial charge < -0.3 is 0 Å². The van der Waals surface area contributed by atoms with E-state index in [0.29, 0.717) is 27.4 Å². The van der Waals surface area contributed by atoms with Gasteiger partial charge in [-0.05, 0) is 57.2 Å². The van der Waals surface area contributed by atoms with Crippen LogP contribution < -0.4 is 5.56 Å². The largest absolute Gasteiger partial charge is 0.300 e. The maximum atomic E-state index is 14.9. The third-order valence-electron chi connectivity index (χ3n) is 4.56. The third kappa shape index (κ3) is 3.37. The zero-order valence-corrected chi connectivity index (χ0v) is 16.7. The minimum atomic E-state index is -0.595. The summed E-state index contributed by atoms with van der Waals surface area (Å²) in [5.74, 6) is -0.595. The summed E-state index contributed by atoms with van der Waals surface area (Å²) >= 11 is 3.31. The Kier molecular flexibility index (Phi) is 5.11. The van der Waals surface area contributed by atoms with Crippen LogP contribution in [0, 0.1) is 5.82 Å². The van der Waals surface area contributed by atoms with Crippen LogP contribution in [0.5, 0.6) is 0 Å². The van der Waals surface area contributed by atoms with Crippen molar-refractivity contribution < 1.29 is 9.18 Å². The summed E-state index contributed by atoms with van der Waals surface area (Å²) in [7, 11) is 1.67. The normalized spacial score (nSPS) is 12.0. The first-order chi connectivity index (χ1) is 12.8. The zero-order chi connectivity index (χ0) is 19.8. The number of nitrogens with zero attached hydrogens (tertiary/aromatic N) is 2. The molecule has 0 radical (unpaired) electrons.